The van der Waals surface area contributed by atoms with Gasteiger partial charge in [-0.3, -0.25) is 0 Å². The Morgan fingerprint density at radius 2 is 1.93 bits per heavy atom. The SMILES string of the molecule is Cc1nc(N2CC(O)C2)cc(-n2ncc3cc(C)c(C4CNCCO4)cc32)n1.Cl. The average Bonchev–Trinajstić information content (AvgIpc) is 3.07. The van der Waals surface area contributed by atoms with Crippen LogP contribution in [0.15, 0.2) is 24.4 Å². The molecule has 0 spiro atoms. The molecule has 3 aromatic rings. The summed E-state index contributed by atoms with van der Waals surface area (Å²) in [6.45, 7) is 7.63. The van der Waals surface area contributed by atoms with E-state index in [0.717, 1.165) is 42.2 Å². The Morgan fingerprint density at radius 3 is 2.66 bits per heavy atom. The fourth-order valence-electron chi connectivity index (χ4n) is 3.95. The van der Waals surface area contributed by atoms with Crippen molar-refractivity contribution in [2.24, 2.45) is 0 Å². The summed E-state index contributed by atoms with van der Waals surface area (Å²) in [7, 11) is 0. The number of morpholine rings is 1. The Bertz CT molecular complexity index is 1030. The molecule has 0 bridgehead atoms. The monoisotopic (exact) mass is 416 g/mol. The van der Waals surface area contributed by atoms with Gasteiger partial charge in [-0.1, -0.05) is 0 Å². The second kappa shape index (κ2) is 7.87. The largest absolute Gasteiger partial charge is 0.389 e. The number of rotatable bonds is 3. The number of nitrogens with zero attached hydrogens (tertiary/aromatic N) is 5. The van der Waals surface area contributed by atoms with Crippen molar-refractivity contribution in [2.45, 2.75) is 26.1 Å². The molecule has 2 aromatic heterocycles. The van der Waals surface area contributed by atoms with Crippen LogP contribution in [0, 0.1) is 13.8 Å². The summed E-state index contributed by atoms with van der Waals surface area (Å²) in [5.74, 6) is 2.24. The van der Waals surface area contributed by atoms with Crippen molar-refractivity contribution in [3.63, 3.8) is 0 Å². The zero-order chi connectivity index (χ0) is 19.3. The molecule has 2 fully saturated rings. The number of aliphatic hydroxyl groups excluding tert-OH is 1. The van der Waals surface area contributed by atoms with Crippen LogP contribution < -0.4 is 10.2 Å². The molecule has 2 N–H and O–H groups in total. The number of benzene rings is 1. The minimum absolute atomic E-state index is 0. The molecule has 2 aliphatic heterocycles. The summed E-state index contributed by atoms with van der Waals surface area (Å²) in [6.07, 6.45) is 1.64. The van der Waals surface area contributed by atoms with E-state index in [2.05, 4.69) is 39.4 Å². The highest BCUT2D eigenvalue weighted by Crippen LogP contribution is 2.29. The minimum atomic E-state index is -0.279. The number of anilines is 1. The lowest BCUT2D eigenvalue weighted by Crippen LogP contribution is -2.51. The molecule has 1 atom stereocenters. The highest BCUT2D eigenvalue weighted by atomic mass is 35.5. The van der Waals surface area contributed by atoms with Gasteiger partial charge in [-0.15, -0.1) is 12.4 Å². The Balaban J connectivity index is 0.00000205. The maximum Gasteiger partial charge on any atom is 0.159 e. The van der Waals surface area contributed by atoms with Gasteiger partial charge in [0.05, 0.1) is 30.5 Å². The number of ether oxygens (including phenoxy) is 1. The second-order valence-electron chi connectivity index (χ2n) is 7.58. The Morgan fingerprint density at radius 1 is 1.14 bits per heavy atom. The molecule has 4 heterocycles. The third-order valence-corrected chi connectivity index (χ3v) is 5.44. The van der Waals surface area contributed by atoms with Crippen molar-refractivity contribution >= 4 is 29.1 Å². The van der Waals surface area contributed by atoms with Crippen LogP contribution in [0.1, 0.15) is 23.1 Å². The molecular weight excluding hydrogens is 392 g/mol. The molecule has 29 heavy (non-hydrogen) atoms. The van der Waals surface area contributed by atoms with E-state index in [1.54, 1.807) is 0 Å². The lowest BCUT2D eigenvalue weighted by Gasteiger charge is -2.36. The molecule has 2 aliphatic rings. The van der Waals surface area contributed by atoms with Crippen LogP contribution in [0.2, 0.25) is 0 Å². The van der Waals surface area contributed by atoms with Crippen molar-refractivity contribution in [1.82, 2.24) is 25.1 Å². The van der Waals surface area contributed by atoms with E-state index in [0.29, 0.717) is 18.9 Å². The first-order valence-corrected chi connectivity index (χ1v) is 9.68. The van der Waals surface area contributed by atoms with Crippen LogP contribution in [0.4, 0.5) is 5.82 Å². The van der Waals surface area contributed by atoms with Crippen molar-refractivity contribution in [1.29, 1.82) is 0 Å². The summed E-state index contributed by atoms with van der Waals surface area (Å²) in [5, 5.41) is 18.7. The number of aromatic nitrogens is 4. The molecule has 9 heteroatoms. The zero-order valence-corrected chi connectivity index (χ0v) is 17.3. The third-order valence-electron chi connectivity index (χ3n) is 5.44. The third kappa shape index (κ3) is 3.69. The molecule has 0 saturated carbocycles. The Kier molecular flexibility index (Phi) is 5.44. The smallest absolute Gasteiger partial charge is 0.159 e. The first-order valence-electron chi connectivity index (χ1n) is 9.68. The second-order valence-corrected chi connectivity index (χ2v) is 7.58. The van der Waals surface area contributed by atoms with E-state index >= 15 is 0 Å². The molecule has 8 nitrogen and oxygen atoms in total. The van der Waals surface area contributed by atoms with E-state index in [-0.39, 0.29) is 24.6 Å². The fourth-order valence-corrected chi connectivity index (χ4v) is 3.95. The number of hydrogen-bond acceptors (Lipinski definition) is 7. The predicted octanol–water partition coefficient (Wildman–Crippen LogP) is 1.70. The predicted molar refractivity (Wildman–Crippen MR) is 113 cm³/mol. The first kappa shape index (κ1) is 20.0. The molecule has 1 aromatic carbocycles. The van der Waals surface area contributed by atoms with Gasteiger partial charge >= 0.3 is 0 Å². The lowest BCUT2D eigenvalue weighted by molar-refractivity contribution is 0.0274. The number of aryl methyl sites for hydroxylation is 2. The number of aliphatic hydroxyl groups is 1. The molecule has 0 radical (unpaired) electrons. The summed E-state index contributed by atoms with van der Waals surface area (Å²) in [4.78, 5) is 11.2. The van der Waals surface area contributed by atoms with Crippen LogP contribution in [0.3, 0.4) is 0 Å². The van der Waals surface area contributed by atoms with Crippen LogP contribution in [-0.4, -0.2) is 63.7 Å². The van der Waals surface area contributed by atoms with Gasteiger partial charge in [0.25, 0.3) is 0 Å². The first-order chi connectivity index (χ1) is 13.6. The number of halogens is 1. The average molecular weight is 417 g/mol. The Labute approximate surface area is 175 Å². The molecule has 154 valence electrons. The number of hydrogen-bond donors (Lipinski definition) is 2. The molecule has 1 unspecified atom stereocenters. The minimum Gasteiger partial charge on any atom is -0.389 e. The van der Waals surface area contributed by atoms with Crippen LogP contribution in [0.5, 0.6) is 0 Å². The number of nitrogens with one attached hydrogen (secondary N) is 1. The molecule has 5 rings (SSSR count). The lowest BCUT2D eigenvalue weighted by atomic mass is 10.0. The highest BCUT2D eigenvalue weighted by molar-refractivity contribution is 5.85. The summed E-state index contributed by atoms with van der Waals surface area (Å²) >= 11 is 0. The summed E-state index contributed by atoms with van der Waals surface area (Å²) < 4.78 is 7.83. The molecule has 0 aliphatic carbocycles. The van der Waals surface area contributed by atoms with Gasteiger partial charge in [0, 0.05) is 37.6 Å². The van der Waals surface area contributed by atoms with E-state index in [1.807, 2.05) is 28.8 Å². The van der Waals surface area contributed by atoms with Gasteiger partial charge in [-0.25, -0.2) is 14.6 Å². The van der Waals surface area contributed by atoms with Crippen molar-refractivity contribution in [3.8, 4) is 5.82 Å². The normalized spacial score (nSPS) is 19.8. The van der Waals surface area contributed by atoms with Crippen molar-refractivity contribution in [2.75, 3.05) is 37.7 Å². The summed E-state index contributed by atoms with van der Waals surface area (Å²) in [6, 6.07) is 6.26. The quantitative estimate of drug-likeness (QED) is 0.671. The topological polar surface area (TPSA) is 88.3 Å². The van der Waals surface area contributed by atoms with Crippen molar-refractivity contribution in [3.05, 3.63) is 41.3 Å². The standard InChI is InChI=1S/C20H24N6O2.ClH/c1-12-5-14-8-22-26(17(14)6-16(12)18-9-21-3-4-28-18)20-7-19(23-13(2)24-20)25-10-15(27)11-25;/h5-8,15,18,21,27H,3-4,9-11H2,1-2H3;1H. The van der Waals surface area contributed by atoms with Crippen molar-refractivity contribution < 1.29 is 9.84 Å². The van der Waals surface area contributed by atoms with Gasteiger partial charge in [0.2, 0.25) is 0 Å². The van der Waals surface area contributed by atoms with Crippen LogP contribution in [-0.2, 0) is 4.74 Å². The van der Waals surface area contributed by atoms with Gasteiger partial charge in [-0.05, 0) is 37.1 Å². The fraction of sp³-hybridized carbons (Fsp3) is 0.450. The molecular formula is C20H25ClN6O2. The van der Waals surface area contributed by atoms with Gasteiger partial charge < -0.3 is 20.1 Å². The van der Waals surface area contributed by atoms with E-state index < -0.39 is 0 Å². The van der Waals surface area contributed by atoms with Gasteiger partial charge in [-0.2, -0.15) is 5.10 Å². The molecule has 2 saturated heterocycles. The van der Waals surface area contributed by atoms with Gasteiger partial charge in [0.15, 0.2) is 5.82 Å². The van der Waals surface area contributed by atoms with E-state index in [4.69, 9.17) is 4.74 Å². The summed E-state index contributed by atoms with van der Waals surface area (Å²) in [5.41, 5.74) is 3.38. The molecule has 0 amide bonds. The maximum absolute atomic E-state index is 9.60. The van der Waals surface area contributed by atoms with E-state index in [9.17, 15) is 5.11 Å². The van der Waals surface area contributed by atoms with Gasteiger partial charge in [0.1, 0.15) is 11.6 Å². The number of fused-ring (bicyclic) bond motifs is 1. The maximum atomic E-state index is 9.60. The number of β-amino-alcohol motifs (C(OH)–C–C–N with tert-alkyl or cyclic N) is 1. The zero-order valence-electron chi connectivity index (χ0n) is 16.5. The van der Waals surface area contributed by atoms with Crippen LogP contribution >= 0.6 is 12.4 Å². The van der Waals surface area contributed by atoms with Crippen LogP contribution in [0.25, 0.3) is 16.7 Å². The Hall–Kier alpha value is -2.26. The highest BCUT2D eigenvalue weighted by Gasteiger charge is 2.26. The van der Waals surface area contributed by atoms with E-state index in [1.165, 1.54) is 11.1 Å².